The second-order valence-electron chi connectivity index (χ2n) is 7.61. The molecule has 0 radical (unpaired) electrons. The molecule has 0 saturated carbocycles. The van der Waals surface area contributed by atoms with Crippen LogP contribution in [-0.2, 0) is 25.8 Å². The molecule has 5 aromatic rings. The number of aryl methyl sites for hydroxylation is 2. The van der Waals surface area contributed by atoms with Gasteiger partial charge in [-0.15, -0.1) is 41.1 Å². The molecule has 0 aliphatic carbocycles. The molecule has 0 unspecified atom stereocenters. The summed E-state index contributed by atoms with van der Waals surface area (Å²) in [6.45, 7) is 4.24. The fourth-order valence-corrected chi connectivity index (χ4v) is 4.90. The molecular weight excluding hydrogens is 632 g/mol. The number of hydrogen-bond donors (Lipinski definition) is 0. The quantitative estimate of drug-likeness (QED) is 0.198. The summed E-state index contributed by atoms with van der Waals surface area (Å²) in [6, 6.07) is 36.7. The van der Waals surface area contributed by atoms with Gasteiger partial charge in [-0.1, -0.05) is 55.9 Å². The van der Waals surface area contributed by atoms with Gasteiger partial charge in [0, 0.05) is 9.79 Å². The van der Waals surface area contributed by atoms with E-state index >= 15 is 0 Å². The summed E-state index contributed by atoms with van der Waals surface area (Å²) in [7, 11) is 0. The van der Waals surface area contributed by atoms with Crippen LogP contribution in [0.2, 0.25) is 0 Å². The first-order valence-electron chi connectivity index (χ1n) is 10.2. The maximum atomic E-state index is 2.38. The molecule has 0 saturated heterocycles. The van der Waals surface area contributed by atoms with Gasteiger partial charge < -0.3 is 29.7 Å². The van der Waals surface area contributed by atoms with Gasteiger partial charge in [-0.05, 0) is 30.0 Å². The third-order valence-corrected chi connectivity index (χ3v) is 6.74. The number of benzene rings is 3. The Kier molecular flexibility index (Phi) is 10.1. The Labute approximate surface area is 231 Å². The Hall–Kier alpha value is -1.78. The van der Waals surface area contributed by atoms with Gasteiger partial charge in [0.05, 0.1) is 11.4 Å². The van der Waals surface area contributed by atoms with Crippen LogP contribution >= 0.6 is 11.8 Å². The molecule has 6 rings (SSSR count). The summed E-state index contributed by atoms with van der Waals surface area (Å²) in [4.78, 5) is 4.98. The van der Waals surface area contributed by atoms with Crippen LogP contribution < -0.4 is 29.7 Å². The topological polar surface area (TPSA) is 3.24 Å². The van der Waals surface area contributed by atoms with Crippen molar-refractivity contribution in [3.05, 3.63) is 114 Å². The molecule has 164 valence electrons. The molecule has 0 spiro atoms. The second-order valence-corrected chi connectivity index (χ2v) is 8.69. The van der Waals surface area contributed by atoms with Crippen LogP contribution in [0.25, 0.3) is 10.8 Å². The van der Waals surface area contributed by atoms with Gasteiger partial charge in [0.15, 0.2) is 0 Å². The van der Waals surface area contributed by atoms with Gasteiger partial charge in [-0.2, -0.15) is 17.2 Å². The van der Waals surface area contributed by atoms with Gasteiger partial charge in [0.1, 0.15) is 0 Å². The Morgan fingerprint density at radius 3 is 1.85 bits per heavy atom. The van der Waals surface area contributed by atoms with E-state index in [4.69, 9.17) is 0 Å². The van der Waals surface area contributed by atoms with Crippen LogP contribution in [0.15, 0.2) is 113 Å². The van der Waals surface area contributed by atoms with Crippen molar-refractivity contribution < 1.29 is 50.7 Å². The largest absolute Gasteiger partial charge is 4.00 e. The summed E-state index contributed by atoms with van der Waals surface area (Å²) < 4.78 is 0. The molecule has 0 bridgehead atoms. The van der Waals surface area contributed by atoms with Crippen LogP contribution in [-0.4, -0.2) is 0 Å². The van der Waals surface area contributed by atoms with Gasteiger partial charge >= 0.3 is 25.8 Å². The number of nitrogens with zero attached hydrogens (tertiary/aromatic N) is 1. The fourth-order valence-electron chi connectivity index (χ4n) is 3.85. The molecule has 5 heteroatoms. The number of fused-ring (bicyclic) bond motifs is 3. The first-order valence-corrected chi connectivity index (χ1v) is 11.0. The predicted octanol–water partition coefficient (Wildman–Crippen LogP) is 2.52. The third-order valence-electron chi connectivity index (χ3n) is 5.61. The Morgan fingerprint density at radius 2 is 1.33 bits per heavy atom. The van der Waals surface area contributed by atoms with Crippen molar-refractivity contribution in [1.82, 2.24) is 0 Å². The Morgan fingerprint density at radius 1 is 0.758 bits per heavy atom. The van der Waals surface area contributed by atoms with E-state index in [0.717, 1.165) is 0 Å². The molecule has 1 aliphatic heterocycles. The molecule has 0 aromatic heterocycles. The van der Waals surface area contributed by atoms with Gasteiger partial charge in [-0.25, -0.2) is 12.1 Å². The molecule has 0 amide bonds. The molecular formula is C28H23Cl2HfNS. The fraction of sp³-hybridized carbons (Fsp3) is 0.0714. The molecule has 0 N–H and O–H groups in total. The van der Waals surface area contributed by atoms with E-state index in [-0.39, 0.29) is 50.7 Å². The van der Waals surface area contributed by atoms with Gasteiger partial charge in [0.2, 0.25) is 0 Å². The Balaban J connectivity index is 0.000000337. The molecule has 5 aromatic carbocycles. The minimum Gasteiger partial charge on any atom is -1.00 e. The molecule has 1 heterocycles. The summed E-state index contributed by atoms with van der Waals surface area (Å²) in [6.07, 6.45) is 0. The summed E-state index contributed by atoms with van der Waals surface area (Å²) >= 11 is 1.85. The molecule has 1 aliphatic rings. The van der Waals surface area contributed by atoms with E-state index in [0.29, 0.717) is 0 Å². The van der Waals surface area contributed by atoms with Crippen LogP contribution in [0.4, 0.5) is 17.1 Å². The van der Waals surface area contributed by atoms with Crippen LogP contribution in [0.3, 0.4) is 0 Å². The van der Waals surface area contributed by atoms with Crippen molar-refractivity contribution >= 4 is 39.6 Å². The minimum atomic E-state index is 0. The van der Waals surface area contributed by atoms with E-state index in [1.807, 2.05) is 11.8 Å². The smallest absolute Gasteiger partial charge is 1.00 e. The first kappa shape index (κ1) is 27.5. The number of anilines is 3. The van der Waals surface area contributed by atoms with Crippen LogP contribution in [0.5, 0.6) is 0 Å². The monoisotopic (exact) mass is 655 g/mol. The third kappa shape index (κ3) is 5.66. The number of halogens is 2. The minimum absolute atomic E-state index is 0. The normalized spacial score (nSPS) is 11.0. The zero-order chi connectivity index (χ0) is 20.5. The van der Waals surface area contributed by atoms with E-state index in [1.165, 1.54) is 48.8 Å². The van der Waals surface area contributed by atoms with Gasteiger partial charge in [-0.3, -0.25) is 0 Å². The average molecular weight is 655 g/mol. The van der Waals surface area contributed by atoms with Crippen molar-refractivity contribution in [2.24, 2.45) is 0 Å². The van der Waals surface area contributed by atoms with Crippen LogP contribution in [0.1, 0.15) is 11.1 Å². The molecule has 0 atom stereocenters. The van der Waals surface area contributed by atoms with Crippen molar-refractivity contribution in [2.45, 2.75) is 23.6 Å². The van der Waals surface area contributed by atoms with Crippen molar-refractivity contribution in [3.8, 4) is 0 Å². The zero-order valence-electron chi connectivity index (χ0n) is 18.4. The second kappa shape index (κ2) is 12.1. The molecule has 1 nitrogen and oxygen atoms in total. The van der Waals surface area contributed by atoms with Crippen molar-refractivity contribution in [3.63, 3.8) is 0 Å². The first-order chi connectivity index (χ1) is 14.7. The average Bonchev–Trinajstić information content (AvgIpc) is 3.37. The number of para-hydroxylation sites is 2. The zero-order valence-corrected chi connectivity index (χ0v) is 24.3. The van der Waals surface area contributed by atoms with E-state index in [9.17, 15) is 0 Å². The maximum absolute atomic E-state index is 2.38. The van der Waals surface area contributed by atoms with Crippen molar-refractivity contribution in [1.29, 1.82) is 0 Å². The number of rotatable bonds is 1. The van der Waals surface area contributed by atoms with Gasteiger partial charge in [0.25, 0.3) is 0 Å². The van der Waals surface area contributed by atoms with E-state index in [2.05, 4.69) is 122 Å². The standard InChI is InChI=1S/C21H14NS.C7H9.2ClH.Hf/c1-2-8-16-14-17(13-15(16)7-1)22-18-9-3-5-11-20(18)23-21-12-6-4-10-19(21)22;1-6-4-3-5-7(6)2;;;/h1-14H;3-5H,1-2H3;2*1H;/q2*-1;;;+4/p-2. The maximum Gasteiger partial charge on any atom is 4.00 e. The summed E-state index contributed by atoms with van der Waals surface area (Å²) in [5.74, 6) is 0. The van der Waals surface area contributed by atoms with Crippen LogP contribution in [0, 0.1) is 13.8 Å². The summed E-state index contributed by atoms with van der Waals surface area (Å²) in [5.41, 5.74) is 6.52. The Bertz CT molecular complexity index is 1230. The van der Waals surface area contributed by atoms with Crippen molar-refractivity contribution in [2.75, 3.05) is 4.90 Å². The summed E-state index contributed by atoms with van der Waals surface area (Å²) in [5, 5.41) is 2.58. The van der Waals surface area contributed by atoms with E-state index in [1.54, 1.807) is 0 Å². The predicted molar refractivity (Wildman–Crippen MR) is 130 cm³/mol. The SMILES string of the molecule is Cc1ccc[c-]1C.[Cl-].[Cl-].[Hf+4].c1ccc2c(c1)Sc1ccccc1N2c1cc2ccccc2[cH-]1. The number of hydrogen-bond acceptors (Lipinski definition) is 2. The molecule has 0 fully saturated rings. The van der Waals surface area contributed by atoms with E-state index < -0.39 is 0 Å². The molecule has 33 heavy (non-hydrogen) atoms.